The lowest BCUT2D eigenvalue weighted by Gasteiger charge is -2.20. The molecule has 2 N–H and O–H groups in total. The van der Waals surface area contributed by atoms with E-state index in [2.05, 4.69) is 37.5 Å². The molecule has 0 bridgehead atoms. The highest BCUT2D eigenvalue weighted by Crippen LogP contribution is 1.99. The molecule has 0 radical (unpaired) electrons. The number of rotatable bonds is 17. The van der Waals surface area contributed by atoms with E-state index < -0.39 is 12.2 Å². The van der Waals surface area contributed by atoms with E-state index >= 15 is 0 Å². The molecule has 0 aromatic rings. The highest BCUT2D eigenvalue weighted by atomic mass is 16.5. The van der Waals surface area contributed by atoms with Crippen molar-refractivity contribution in [3.05, 3.63) is 0 Å². The average molecular weight is 349 g/mol. The number of aliphatic hydroxyl groups is 2. The molecule has 24 heavy (non-hydrogen) atoms. The molecule has 0 amide bonds. The second-order valence-corrected chi connectivity index (χ2v) is 6.05. The normalized spacial score (nSPS) is 14.5. The summed E-state index contributed by atoms with van der Waals surface area (Å²) in [6.07, 6.45) is 0.0982. The Kier molecular flexibility index (Phi) is 16.1. The fraction of sp³-hybridized carbons (Fsp3) is 1.00. The summed E-state index contributed by atoms with van der Waals surface area (Å²) in [4.78, 5) is 4.67. The fourth-order valence-corrected chi connectivity index (χ4v) is 2.49. The van der Waals surface area contributed by atoms with Crippen molar-refractivity contribution in [1.29, 1.82) is 0 Å². The van der Waals surface area contributed by atoms with Gasteiger partial charge in [0.25, 0.3) is 0 Å². The van der Waals surface area contributed by atoms with E-state index in [4.69, 9.17) is 9.47 Å². The maximum absolute atomic E-state index is 9.87. The molecule has 146 valence electrons. The topological polar surface area (TPSA) is 65.4 Å². The standard InChI is InChI=1S/C18H40N2O4/c1-5-19(6-2)11-9-13-23-15-17(21)18(22)16-24-14-10-12-20(7-3)8-4/h17-18,21-22H,5-16H2,1-4H3. The molecule has 6 heteroatoms. The van der Waals surface area contributed by atoms with Crippen molar-refractivity contribution in [2.75, 3.05) is 65.7 Å². The Morgan fingerprint density at radius 1 is 0.667 bits per heavy atom. The maximum atomic E-state index is 9.87. The van der Waals surface area contributed by atoms with Gasteiger partial charge in [0.2, 0.25) is 0 Å². The number of nitrogens with zero attached hydrogens (tertiary/aromatic N) is 2. The largest absolute Gasteiger partial charge is 0.388 e. The van der Waals surface area contributed by atoms with Crippen LogP contribution in [-0.2, 0) is 9.47 Å². The lowest BCUT2D eigenvalue weighted by molar-refractivity contribution is -0.0715. The highest BCUT2D eigenvalue weighted by Gasteiger charge is 2.16. The lowest BCUT2D eigenvalue weighted by Crippen LogP contribution is -2.35. The van der Waals surface area contributed by atoms with Crippen LogP contribution in [0.1, 0.15) is 40.5 Å². The van der Waals surface area contributed by atoms with E-state index in [1.54, 1.807) is 0 Å². The molecule has 0 heterocycles. The van der Waals surface area contributed by atoms with Gasteiger partial charge in [-0.1, -0.05) is 27.7 Å². The molecule has 2 atom stereocenters. The molecule has 2 unspecified atom stereocenters. The molecular formula is C18H40N2O4. The first-order valence-corrected chi connectivity index (χ1v) is 9.55. The van der Waals surface area contributed by atoms with Crippen LogP contribution < -0.4 is 0 Å². The minimum Gasteiger partial charge on any atom is -0.388 e. The van der Waals surface area contributed by atoms with Gasteiger partial charge < -0.3 is 29.5 Å². The first-order valence-electron chi connectivity index (χ1n) is 9.55. The van der Waals surface area contributed by atoms with Crippen molar-refractivity contribution < 1.29 is 19.7 Å². The van der Waals surface area contributed by atoms with Crippen molar-refractivity contribution >= 4 is 0 Å². The van der Waals surface area contributed by atoms with Gasteiger partial charge in [-0.2, -0.15) is 0 Å². The summed E-state index contributed by atoms with van der Waals surface area (Å²) in [6.45, 7) is 16.3. The lowest BCUT2D eigenvalue weighted by atomic mass is 10.2. The minimum atomic E-state index is -0.888. The number of hydrogen-bond donors (Lipinski definition) is 2. The van der Waals surface area contributed by atoms with Crippen LogP contribution in [0.25, 0.3) is 0 Å². The molecule has 0 aliphatic heterocycles. The Balaban J connectivity index is 3.57. The van der Waals surface area contributed by atoms with Gasteiger partial charge in [-0.25, -0.2) is 0 Å². The van der Waals surface area contributed by atoms with Crippen LogP contribution in [0.4, 0.5) is 0 Å². The monoisotopic (exact) mass is 348 g/mol. The van der Waals surface area contributed by atoms with Gasteiger partial charge in [-0.05, 0) is 39.0 Å². The Morgan fingerprint density at radius 2 is 1.00 bits per heavy atom. The van der Waals surface area contributed by atoms with Crippen LogP contribution in [-0.4, -0.2) is 97.9 Å². The summed E-state index contributed by atoms with van der Waals surface area (Å²) in [6, 6.07) is 0. The zero-order chi connectivity index (χ0) is 18.2. The molecule has 6 nitrogen and oxygen atoms in total. The smallest absolute Gasteiger partial charge is 0.105 e. The summed E-state index contributed by atoms with van der Waals surface area (Å²) < 4.78 is 10.9. The van der Waals surface area contributed by atoms with Gasteiger partial charge in [0.05, 0.1) is 13.2 Å². The van der Waals surface area contributed by atoms with Gasteiger partial charge in [-0.15, -0.1) is 0 Å². The highest BCUT2D eigenvalue weighted by molar-refractivity contribution is 4.66. The average Bonchev–Trinajstić information content (AvgIpc) is 2.60. The van der Waals surface area contributed by atoms with Crippen LogP contribution in [0, 0.1) is 0 Å². The molecule has 0 aliphatic rings. The molecular weight excluding hydrogens is 308 g/mol. The molecule has 0 spiro atoms. The zero-order valence-corrected chi connectivity index (χ0v) is 16.2. The van der Waals surface area contributed by atoms with Crippen LogP contribution in [0.2, 0.25) is 0 Å². The number of ether oxygens (including phenoxy) is 2. The minimum absolute atomic E-state index is 0.155. The molecule has 0 saturated heterocycles. The third-order valence-electron chi connectivity index (χ3n) is 4.34. The van der Waals surface area contributed by atoms with Crippen molar-refractivity contribution in [3.63, 3.8) is 0 Å². The van der Waals surface area contributed by atoms with E-state index in [1.165, 1.54) is 0 Å². The van der Waals surface area contributed by atoms with Gasteiger partial charge in [-0.3, -0.25) is 0 Å². The van der Waals surface area contributed by atoms with Gasteiger partial charge >= 0.3 is 0 Å². The Bertz CT molecular complexity index is 235. The van der Waals surface area contributed by atoms with Crippen molar-refractivity contribution in [1.82, 2.24) is 9.80 Å². The van der Waals surface area contributed by atoms with Crippen LogP contribution in [0.15, 0.2) is 0 Å². The third kappa shape index (κ3) is 12.2. The summed E-state index contributed by atoms with van der Waals surface area (Å²) in [5.74, 6) is 0. The second kappa shape index (κ2) is 16.2. The number of aliphatic hydroxyl groups excluding tert-OH is 2. The molecule has 0 aromatic heterocycles. The molecule has 0 saturated carbocycles. The summed E-state index contributed by atoms with van der Waals surface area (Å²) in [5.41, 5.74) is 0. The van der Waals surface area contributed by atoms with Gasteiger partial charge in [0.1, 0.15) is 12.2 Å². The zero-order valence-electron chi connectivity index (χ0n) is 16.2. The number of hydrogen-bond acceptors (Lipinski definition) is 6. The van der Waals surface area contributed by atoms with Gasteiger partial charge in [0, 0.05) is 26.3 Å². The van der Waals surface area contributed by atoms with E-state index in [-0.39, 0.29) is 13.2 Å². The van der Waals surface area contributed by atoms with E-state index in [9.17, 15) is 10.2 Å². The van der Waals surface area contributed by atoms with Gasteiger partial charge in [0.15, 0.2) is 0 Å². The maximum Gasteiger partial charge on any atom is 0.105 e. The van der Waals surface area contributed by atoms with Crippen molar-refractivity contribution in [2.24, 2.45) is 0 Å². The molecule has 0 aliphatic carbocycles. The summed E-state index contributed by atoms with van der Waals surface area (Å²) >= 11 is 0. The fourth-order valence-electron chi connectivity index (χ4n) is 2.49. The Hall–Kier alpha value is -0.240. The second-order valence-electron chi connectivity index (χ2n) is 6.05. The predicted octanol–water partition coefficient (Wildman–Crippen LogP) is 1.21. The summed E-state index contributed by atoms with van der Waals surface area (Å²) in [7, 11) is 0. The van der Waals surface area contributed by atoms with Crippen LogP contribution >= 0.6 is 0 Å². The SMILES string of the molecule is CCN(CC)CCCOCC(O)C(O)COCCCN(CC)CC. The predicted molar refractivity (Wildman–Crippen MR) is 98.5 cm³/mol. The molecule has 0 fully saturated rings. The molecule has 0 rings (SSSR count). The quantitative estimate of drug-likeness (QED) is 0.385. The van der Waals surface area contributed by atoms with Crippen LogP contribution in [0.5, 0.6) is 0 Å². The van der Waals surface area contributed by atoms with Crippen LogP contribution in [0.3, 0.4) is 0 Å². The Labute approximate surface area is 148 Å². The van der Waals surface area contributed by atoms with Crippen molar-refractivity contribution in [3.8, 4) is 0 Å². The molecule has 0 aromatic carbocycles. The van der Waals surface area contributed by atoms with E-state index in [1.807, 2.05) is 0 Å². The summed E-state index contributed by atoms with van der Waals surface area (Å²) in [5, 5.41) is 19.7. The third-order valence-corrected chi connectivity index (χ3v) is 4.34. The first kappa shape index (κ1) is 23.8. The van der Waals surface area contributed by atoms with Crippen molar-refractivity contribution in [2.45, 2.75) is 52.7 Å². The first-order chi connectivity index (χ1) is 11.6. The Morgan fingerprint density at radius 3 is 1.29 bits per heavy atom. The van der Waals surface area contributed by atoms with E-state index in [0.29, 0.717) is 13.2 Å². The van der Waals surface area contributed by atoms with E-state index in [0.717, 1.165) is 52.1 Å².